The van der Waals surface area contributed by atoms with Crippen molar-refractivity contribution in [2.75, 3.05) is 7.05 Å². The first kappa shape index (κ1) is 13.5. The van der Waals surface area contributed by atoms with Gasteiger partial charge in [0.15, 0.2) is 0 Å². The SMILES string of the molecule is CC.CN.Cc1ccc2ccncc2n1. The summed E-state index contributed by atoms with van der Waals surface area (Å²) in [4.78, 5) is 8.30. The lowest BCUT2D eigenvalue weighted by Crippen LogP contribution is -1.82. The van der Waals surface area contributed by atoms with E-state index < -0.39 is 0 Å². The van der Waals surface area contributed by atoms with E-state index >= 15 is 0 Å². The van der Waals surface area contributed by atoms with Crippen LogP contribution >= 0.6 is 0 Å². The molecule has 0 radical (unpaired) electrons. The minimum atomic E-state index is 0.965. The highest BCUT2D eigenvalue weighted by molar-refractivity contribution is 5.77. The van der Waals surface area contributed by atoms with E-state index in [2.05, 4.69) is 21.8 Å². The van der Waals surface area contributed by atoms with Crippen LogP contribution < -0.4 is 5.73 Å². The Morgan fingerprint density at radius 3 is 2.40 bits per heavy atom. The van der Waals surface area contributed by atoms with E-state index in [4.69, 9.17) is 0 Å². The molecular weight excluding hydrogens is 186 g/mol. The molecule has 82 valence electrons. The molecule has 2 heterocycles. The molecule has 2 aromatic rings. The first-order valence-corrected chi connectivity index (χ1v) is 5.11. The van der Waals surface area contributed by atoms with Gasteiger partial charge in [-0.1, -0.05) is 19.9 Å². The molecule has 2 aromatic heterocycles. The number of hydrogen-bond acceptors (Lipinski definition) is 3. The molecule has 0 atom stereocenters. The van der Waals surface area contributed by atoms with Gasteiger partial charge in [-0.25, -0.2) is 0 Å². The Morgan fingerprint density at radius 2 is 1.73 bits per heavy atom. The molecule has 3 nitrogen and oxygen atoms in total. The number of nitrogens with zero attached hydrogens (tertiary/aromatic N) is 2. The fraction of sp³-hybridized carbons (Fsp3) is 0.333. The molecule has 0 amide bonds. The highest BCUT2D eigenvalue weighted by atomic mass is 14.7. The minimum absolute atomic E-state index is 0.965. The van der Waals surface area contributed by atoms with Crippen LogP contribution in [-0.4, -0.2) is 17.0 Å². The van der Waals surface area contributed by atoms with E-state index in [0.29, 0.717) is 0 Å². The largest absolute Gasteiger partial charge is 0.333 e. The molecule has 0 bridgehead atoms. The van der Waals surface area contributed by atoms with Crippen molar-refractivity contribution < 1.29 is 0 Å². The summed E-state index contributed by atoms with van der Waals surface area (Å²) in [5.74, 6) is 0. The van der Waals surface area contributed by atoms with E-state index in [1.165, 1.54) is 7.05 Å². The topological polar surface area (TPSA) is 51.8 Å². The van der Waals surface area contributed by atoms with Gasteiger partial charge < -0.3 is 5.73 Å². The van der Waals surface area contributed by atoms with Gasteiger partial charge >= 0.3 is 0 Å². The summed E-state index contributed by atoms with van der Waals surface area (Å²) in [6.45, 7) is 5.98. The monoisotopic (exact) mass is 205 g/mol. The van der Waals surface area contributed by atoms with Gasteiger partial charge in [-0.15, -0.1) is 0 Å². The molecule has 0 saturated heterocycles. The molecule has 2 rings (SSSR count). The number of nitrogens with two attached hydrogens (primary N) is 1. The highest BCUT2D eigenvalue weighted by Gasteiger charge is 1.91. The molecule has 0 aliphatic rings. The van der Waals surface area contributed by atoms with Gasteiger partial charge in [-0.2, -0.15) is 0 Å². The molecule has 0 aliphatic carbocycles. The van der Waals surface area contributed by atoms with Gasteiger partial charge in [0, 0.05) is 17.3 Å². The Labute approximate surface area is 91.4 Å². The molecule has 15 heavy (non-hydrogen) atoms. The Bertz CT molecular complexity index is 385. The average Bonchev–Trinajstić information content (AvgIpc) is 2.34. The van der Waals surface area contributed by atoms with Crippen LogP contribution in [0.4, 0.5) is 0 Å². The van der Waals surface area contributed by atoms with Crippen molar-refractivity contribution in [3.8, 4) is 0 Å². The first-order valence-electron chi connectivity index (χ1n) is 5.11. The van der Waals surface area contributed by atoms with Gasteiger partial charge in [-0.3, -0.25) is 9.97 Å². The first-order chi connectivity index (χ1) is 7.36. The molecule has 0 spiro atoms. The molecule has 0 aromatic carbocycles. The molecule has 0 fully saturated rings. The number of aromatic nitrogens is 2. The predicted octanol–water partition coefficient (Wildman–Crippen LogP) is 2.54. The zero-order chi connectivity index (χ0) is 11.7. The van der Waals surface area contributed by atoms with E-state index in [-0.39, 0.29) is 0 Å². The van der Waals surface area contributed by atoms with Crippen LogP contribution in [0.25, 0.3) is 10.9 Å². The maximum atomic E-state index is 4.50. The third-order valence-electron chi connectivity index (χ3n) is 1.63. The highest BCUT2D eigenvalue weighted by Crippen LogP contribution is 2.08. The third-order valence-corrected chi connectivity index (χ3v) is 1.63. The Hall–Kier alpha value is -1.48. The zero-order valence-electron chi connectivity index (χ0n) is 9.86. The minimum Gasteiger partial charge on any atom is -0.333 e. The summed E-state index contributed by atoms with van der Waals surface area (Å²) in [7, 11) is 1.50. The van der Waals surface area contributed by atoms with Crippen LogP contribution in [0, 0.1) is 6.92 Å². The smallest absolute Gasteiger partial charge is 0.0888 e. The lowest BCUT2D eigenvalue weighted by Gasteiger charge is -1.95. The molecule has 0 aliphatic heterocycles. The van der Waals surface area contributed by atoms with E-state index in [9.17, 15) is 0 Å². The second-order valence-corrected chi connectivity index (χ2v) is 2.52. The molecule has 0 saturated carbocycles. The lowest BCUT2D eigenvalue weighted by molar-refractivity contribution is 1.23. The van der Waals surface area contributed by atoms with Crippen molar-refractivity contribution in [2.24, 2.45) is 5.73 Å². The van der Waals surface area contributed by atoms with Gasteiger partial charge in [0.2, 0.25) is 0 Å². The fourth-order valence-electron chi connectivity index (χ4n) is 1.07. The van der Waals surface area contributed by atoms with Crippen molar-refractivity contribution in [1.29, 1.82) is 0 Å². The van der Waals surface area contributed by atoms with Crippen LogP contribution in [0.15, 0.2) is 30.6 Å². The maximum absolute atomic E-state index is 4.50. The summed E-state index contributed by atoms with van der Waals surface area (Å²) in [5.41, 5.74) is 6.50. The Kier molecular flexibility index (Phi) is 7.10. The van der Waals surface area contributed by atoms with Crippen LogP contribution in [0.2, 0.25) is 0 Å². The molecule has 0 unspecified atom stereocenters. The second kappa shape index (κ2) is 7.88. The van der Waals surface area contributed by atoms with Gasteiger partial charge in [0.1, 0.15) is 0 Å². The van der Waals surface area contributed by atoms with Crippen molar-refractivity contribution in [1.82, 2.24) is 9.97 Å². The number of pyridine rings is 2. The summed E-state index contributed by atoms with van der Waals surface area (Å²) in [6.07, 6.45) is 3.56. The predicted molar refractivity (Wildman–Crippen MR) is 65.7 cm³/mol. The number of aryl methyl sites for hydroxylation is 1. The van der Waals surface area contributed by atoms with Gasteiger partial charge in [-0.05, 0) is 26.1 Å². The van der Waals surface area contributed by atoms with E-state index in [1.54, 1.807) is 12.4 Å². The van der Waals surface area contributed by atoms with Crippen molar-refractivity contribution in [2.45, 2.75) is 20.8 Å². The van der Waals surface area contributed by atoms with Crippen LogP contribution in [-0.2, 0) is 0 Å². The zero-order valence-corrected chi connectivity index (χ0v) is 9.86. The summed E-state index contributed by atoms with van der Waals surface area (Å²) >= 11 is 0. The standard InChI is InChI=1S/C9H8N2.C2H6.CH5N/c1-7-2-3-8-4-5-10-6-9(8)11-7;2*1-2/h2-6H,1H3;1-2H3;2H2,1H3. The maximum Gasteiger partial charge on any atom is 0.0888 e. The van der Waals surface area contributed by atoms with Gasteiger partial charge in [0.05, 0.1) is 11.7 Å². The average molecular weight is 205 g/mol. The van der Waals surface area contributed by atoms with Crippen LogP contribution in [0.1, 0.15) is 19.5 Å². The summed E-state index contributed by atoms with van der Waals surface area (Å²) < 4.78 is 0. The molecule has 2 N–H and O–H groups in total. The number of fused-ring (bicyclic) bond motifs is 1. The fourth-order valence-corrected chi connectivity index (χ4v) is 1.07. The van der Waals surface area contributed by atoms with Crippen molar-refractivity contribution >= 4 is 10.9 Å². The van der Waals surface area contributed by atoms with Crippen molar-refractivity contribution in [3.63, 3.8) is 0 Å². The number of rotatable bonds is 0. The van der Waals surface area contributed by atoms with E-state index in [1.807, 2.05) is 32.9 Å². The number of hydrogen-bond donors (Lipinski definition) is 1. The quantitative estimate of drug-likeness (QED) is 0.719. The lowest BCUT2D eigenvalue weighted by atomic mass is 10.2. The van der Waals surface area contributed by atoms with Gasteiger partial charge in [0.25, 0.3) is 0 Å². The summed E-state index contributed by atoms with van der Waals surface area (Å²) in [5, 5.41) is 1.14. The third kappa shape index (κ3) is 4.04. The second-order valence-electron chi connectivity index (χ2n) is 2.52. The van der Waals surface area contributed by atoms with E-state index in [0.717, 1.165) is 16.6 Å². The molecular formula is C12H19N3. The summed E-state index contributed by atoms with van der Waals surface area (Å²) in [6, 6.07) is 6.02. The Balaban J connectivity index is 0.000000442. The van der Waals surface area contributed by atoms with Crippen LogP contribution in [0.5, 0.6) is 0 Å². The Morgan fingerprint density at radius 1 is 1.07 bits per heavy atom. The van der Waals surface area contributed by atoms with Crippen LogP contribution in [0.3, 0.4) is 0 Å². The normalized spacial score (nSPS) is 8.33. The van der Waals surface area contributed by atoms with Crippen molar-refractivity contribution in [3.05, 3.63) is 36.3 Å². The molecule has 3 heteroatoms.